The van der Waals surface area contributed by atoms with E-state index >= 15 is 0 Å². The molecule has 0 aliphatic heterocycles. The molecule has 1 nitrogen and oxygen atoms in total. The lowest BCUT2D eigenvalue weighted by Crippen LogP contribution is -1.97. The molecule has 0 fully saturated rings. The number of thiophene rings is 2. The van der Waals surface area contributed by atoms with Gasteiger partial charge in [-0.3, -0.25) is 0 Å². The van der Waals surface area contributed by atoms with Gasteiger partial charge < -0.3 is 5.11 Å². The molecule has 0 aliphatic carbocycles. The number of benzene rings is 1. The fraction of sp³-hybridized carbons (Fsp3) is 0.143. The molecule has 0 saturated carbocycles. The number of halogens is 2. The monoisotopic (exact) mass is 356 g/mol. The highest BCUT2D eigenvalue weighted by molar-refractivity contribution is 9.10. The maximum absolute atomic E-state index is 13.1. The Balaban J connectivity index is 1.86. The Hall–Kier alpha value is -0.750. The zero-order valence-electron chi connectivity index (χ0n) is 9.77. The molecule has 1 unspecified atom stereocenters. The Kier molecular flexibility index (Phi) is 3.71. The largest absolute Gasteiger partial charge is 0.387 e. The van der Waals surface area contributed by atoms with Gasteiger partial charge >= 0.3 is 0 Å². The molecular weight excluding hydrogens is 347 g/mol. The highest BCUT2D eigenvalue weighted by Crippen LogP contribution is 2.33. The van der Waals surface area contributed by atoms with Crippen molar-refractivity contribution in [2.75, 3.05) is 0 Å². The van der Waals surface area contributed by atoms with E-state index in [1.165, 1.54) is 23.5 Å². The molecule has 0 aliphatic rings. The predicted octanol–water partition coefficient (Wildman–Crippen LogP) is 5.14. The summed E-state index contributed by atoms with van der Waals surface area (Å²) in [5.74, 6) is -0.238. The summed E-state index contributed by atoms with van der Waals surface area (Å²) in [4.78, 5) is 2.01. The summed E-state index contributed by atoms with van der Waals surface area (Å²) in [7, 11) is 0. The third-order valence-corrected chi connectivity index (χ3v) is 5.76. The number of rotatable bonds is 3. The minimum atomic E-state index is -0.536. The molecule has 0 radical (unpaired) electrons. The number of hydrogen-bond donors (Lipinski definition) is 1. The van der Waals surface area contributed by atoms with Crippen LogP contribution >= 0.6 is 38.6 Å². The highest BCUT2D eigenvalue weighted by Gasteiger charge is 2.13. The molecule has 3 aromatic rings. The van der Waals surface area contributed by atoms with Gasteiger partial charge in [0.1, 0.15) is 5.82 Å². The second-order valence-corrected chi connectivity index (χ2v) is 7.31. The van der Waals surface area contributed by atoms with E-state index in [0.717, 1.165) is 24.3 Å². The summed E-state index contributed by atoms with van der Waals surface area (Å²) in [6, 6.07) is 8.66. The topological polar surface area (TPSA) is 20.2 Å². The van der Waals surface area contributed by atoms with Crippen LogP contribution in [0.5, 0.6) is 0 Å². The van der Waals surface area contributed by atoms with Crippen molar-refractivity contribution in [2.24, 2.45) is 0 Å². The summed E-state index contributed by atoms with van der Waals surface area (Å²) in [5.41, 5.74) is 0. The first-order valence-corrected chi connectivity index (χ1v) is 8.21. The van der Waals surface area contributed by atoms with Crippen molar-refractivity contribution in [2.45, 2.75) is 12.5 Å². The van der Waals surface area contributed by atoms with Crippen molar-refractivity contribution in [1.29, 1.82) is 0 Å². The summed E-state index contributed by atoms with van der Waals surface area (Å²) >= 11 is 6.47. The third kappa shape index (κ3) is 2.89. The summed E-state index contributed by atoms with van der Waals surface area (Å²) in [6.45, 7) is 0. The van der Waals surface area contributed by atoms with Crippen molar-refractivity contribution in [3.63, 3.8) is 0 Å². The second-order valence-electron chi connectivity index (χ2n) is 4.28. The normalized spacial score (nSPS) is 13.0. The van der Waals surface area contributed by atoms with Gasteiger partial charge in [0, 0.05) is 30.7 Å². The van der Waals surface area contributed by atoms with Crippen LogP contribution in [0.25, 0.3) is 10.1 Å². The van der Waals surface area contributed by atoms with E-state index in [1.54, 1.807) is 17.4 Å². The summed E-state index contributed by atoms with van der Waals surface area (Å²) in [5, 5.41) is 13.2. The van der Waals surface area contributed by atoms with Crippen LogP contribution in [0.2, 0.25) is 0 Å². The van der Waals surface area contributed by atoms with E-state index in [2.05, 4.69) is 15.9 Å². The number of aliphatic hydroxyl groups excluding tert-OH is 1. The molecule has 0 saturated heterocycles. The first-order chi connectivity index (χ1) is 9.11. The van der Waals surface area contributed by atoms with E-state index in [9.17, 15) is 9.50 Å². The first kappa shape index (κ1) is 13.2. The van der Waals surface area contributed by atoms with Crippen LogP contribution in [0.1, 0.15) is 15.9 Å². The second kappa shape index (κ2) is 5.32. The maximum Gasteiger partial charge on any atom is 0.124 e. The number of hydrogen-bond acceptors (Lipinski definition) is 3. The molecule has 2 aromatic heterocycles. The van der Waals surface area contributed by atoms with Gasteiger partial charge in [-0.25, -0.2) is 4.39 Å². The minimum absolute atomic E-state index is 0.238. The van der Waals surface area contributed by atoms with Gasteiger partial charge in [-0.1, -0.05) is 6.07 Å². The van der Waals surface area contributed by atoms with Gasteiger partial charge in [0.2, 0.25) is 0 Å². The average Bonchev–Trinajstić information content (AvgIpc) is 2.95. The van der Waals surface area contributed by atoms with Gasteiger partial charge in [0.25, 0.3) is 0 Å². The maximum atomic E-state index is 13.1. The molecule has 0 amide bonds. The predicted molar refractivity (Wildman–Crippen MR) is 82.5 cm³/mol. The lowest BCUT2D eigenvalue weighted by molar-refractivity contribution is 0.183. The summed E-state index contributed by atoms with van der Waals surface area (Å²) < 4.78 is 15.1. The van der Waals surface area contributed by atoms with E-state index in [4.69, 9.17) is 0 Å². The zero-order chi connectivity index (χ0) is 13.4. The van der Waals surface area contributed by atoms with E-state index in [-0.39, 0.29) is 5.82 Å². The molecule has 19 heavy (non-hydrogen) atoms. The molecule has 0 spiro atoms. The van der Waals surface area contributed by atoms with Crippen molar-refractivity contribution in [3.8, 4) is 0 Å². The quantitative estimate of drug-likeness (QED) is 0.688. The highest BCUT2D eigenvalue weighted by atomic mass is 79.9. The van der Waals surface area contributed by atoms with Gasteiger partial charge in [0.05, 0.1) is 6.10 Å². The van der Waals surface area contributed by atoms with Crippen LogP contribution in [0.15, 0.2) is 40.2 Å². The van der Waals surface area contributed by atoms with Crippen LogP contribution in [0.4, 0.5) is 4.39 Å². The van der Waals surface area contributed by atoms with Crippen LogP contribution < -0.4 is 0 Å². The lowest BCUT2D eigenvalue weighted by Gasteiger charge is -2.05. The van der Waals surface area contributed by atoms with Gasteiger partial charge in [-0.05, 0) is 45.6 Å². The molecule has 3 rings (SSSR count). The van der Waals surface area contributed by atoms with Crippen LogP contribution in [-0.2, 0) is 6.42 Å². The van der Waals surface area contributed by atoms with Gasteiger partial charge in [0.15, 0.2) is 0 Å². The Morgan fingerprint density at radius 2 is 2.11 bits per heavy atom. The van der Waals surface area contributed by atoms with Crippen LogP contribution in [0, 0.1) is 5.82 Å². The Morgan fingerprint density at radius 1 is 1.26 bits per heavy atom. The summed E-state index contributed by atoms with van der Waals surface area (Å²) in [6.07, 6.45) is 0.0528. The minimum Gasteiger partial charge on any atom is -0.387 e. The fourth-order valence-corrected chi connectivity index (χ4v) is 4.51. The van der Waals surface area contributed by atoms with Gasteiger partial charge in [-0.2, -0.15) is 0 Å². The number of fused-ring (bicyclic) bond motifs is 1. The SMILES string of the molecule is OC(Cc1cc(Br)cs1)c1cc2ccc(F)cc2s1. The van der Waals surface area contributed by atoms with E-state index < -0.39 is 6.10 Å². The molecule has 1 N–H and O–H groups in total. The van der Waals surface area contributed by atoms with E-state index in [1.807, 2.05) is 17.5 Å². The van der Waals surface area contributed by atoms with Crippen molar-refractivity contribution in [3.05, 3.63) is 55.8 Å². The number of aliphatic hydroxyl groups is 1. The molecule has 1 aromatic carbocycles. The Morgan fingerprint density at radius 3 is 2.84 bits per heavy atom. The molecule has 1 atom stereocenters. The zero-order valence-corrected chi connectivity index (χ0v) is 13.0. The smallest absolute Gasteiger partial charge is 0.124 e. The molecule has 2 heterocycles. The molecule has 5 heteroatoms. The van der Waals surface area contributed by atoms with Crippen molar-refractivity contribution in [1.82, 2.24) is 0 Å². The third-order valence-electron chi connectivity index (χ3n) is 2.85. The average molecular weight is 357 g/mol. The van der Waals surface area contributed by atoms with Crippen molar-refractivity contribution < 1.29 is 9.50 Å². The lowest BCUT2D eigenvalue weighted by atomic mass is 10.1. The first-order valence-electron chi connectivity index (χ1n) is 5.72. The molecule has 0 bridgehead atoms. The van der Waals surface area contributed by atoms with Gasteiger partial charge in [-0.15, -0.1) is 22.7 Å². The van der Waals surface area contributed by atoms with Crippen molar-refractivity contribution >= 4 is 48.7 Å². The fourth-order valence-electron chi connectivity index (χ4n) is 1.94. The Labute approximate surface area is 126 Å². The standard InChI is InChI=1S/C14H10BrFOS2/c15-9-4-11(18-7-9)6-12(17)14-3-8-1-2-10(16)5-13(8)19-14/h1-5,7,12,17H,6H2. The van der Waals surface area contributed by atoms with Crippen LogP contribution in [-0.4, -0.2) is 5.11 Å². The molecule has 98 valence electrons. The van der Waals surface area contributed by atoms with E-state index in [0.29, 0.717) is 6.42 Å². The molecular formula is C14H10BrFOS2. The Bertz CT molecular complexity index is 719. The van der Waals surface area contributed by atoms with Crippen LogP contribution in [0.3, 0.4) is 0 Å².